The Bertz CT molecular complexity index is 277. The highest BCUT2D eigenvalue weighted by atomic mass is 16.5. The van der Waals surface area contributed by atoms with Gasteiger partial charge in [0, 0.05) is 13.1 Å². The van der Waals surface area contributed by atoms with E-state index in [1.165, 1.54) is 0 Å². The Morgan fingerprint density at radius 3 is 2.76 bits per heavy atom. The number of ether oxygens (including phenoxy) is 1. The maximum Gasteiger partial charge on any atom is 0.230 e. The summed E-state index contributed by atoms with van der Waals surface area (Å²) >= 11 is 0. The maximum atomic E-state index is 12.6. The van der Waals surface area contributed by atoms with Crippen LogP contribution in [0.4, 0.5) is 0 Å². The van der Waals surface area contributed by atoms with Gasteiger partial charge in [-0.3, -0.25) is 4.79 Å². The van der Waals surface area contributed by atoms with Gasteiger partial charge in [-0.15, -0.1) is 0 Å². The lowest BCUT2D eigenvalue weighted by Gasteiger charge is -2.40. The fourth-order valence-corrected chi connectivity index (χ4v) is 2.94. The summed E-state index contributed by atoms with van der Waals surface area (Å²) in [5.41, 5.74) is 5.45. The van der Waals surface area contributed by atoms with Gasteiger partial charge in [-0.05, 0) is 12.8 Å². The van der Waals surface area contributed by atoms with Gasteiger partial charge in [0.2, 0.25) is 5.91 Å². The van der Waals surface area contributed by atoms with Crippen LogP contribution in [0, 0.1) is 5.41 Å². The number of amides is 1. The van der Waals surface area contributed by atoms with Gasteiger partial charge in [-0.25, -0.2) is 0 Å². The van der Waals surface area contributed by atoms with Crippen molar-refractivity contribution >= 4 is 5.91 Å². The molecule has 0 aromatic carbocycles. The lowest BCUT2D eigenvalue weighted by Crippen LogP contribution is -2.56. The Morgan fingerprint density at radius 2 is 2.18 bits per heavy atom. The van der Waals surface area contributed by atoms with E-state index in [4.69, 9.17) is 10.5 Å². The minimum atomic E-state index is -0.370. The van der Waals surface area contributed by atoms with Crippen molar-refractivity contribution in [3.63, 3.8) is 0 Å². The van der Waals surface area contributed by atoms with Crippen molar-refractivity contribution in [3.05, 3.63) is 0 Å². The fourth-order valence-electron chi connectivity index (χ4n) is 2.94. The summed E-state index contributed by atoms with van der Waals surface area (Å²) in [6.45, 7) is 1.95. The quantitative estimate of drug-likeness (QED) is 0.714. The van der Waals surface area contributed by atoms with E-state index in [0.717, 1.165) is 25.7 Å². The van der Waals surface area contributed by atoms with Crippen molar-refractivity contribution in [2.45, 2.75) is 31.7 Å². The molecule has 2 aliphatic rings. The Labute approximate surface area is 102 Å². The van der Waals surface area contributed by atoms with E-state index in [0.29, 0.717) is 26.3 Å². The van der Waals surface area contributed by atoms with Crippen LogP contribution in [-0.4, -0.2) is 54.9 Å². The number of morpholine rings is 1. The molecule has 1 aliphatic carbocycles. The van der Waals surface area contributed by atoms with Gasteiger partial charge in [0.25, 0.3) is 0 Å². The molecule has 5 nitrogen and oxygen atoms in total. The molecule has 2 fully saturated rings. The average Bonchev–Trinajstić information content (AvgIpc) is 2.88. The van der Waals surface area contributed by atoms with E-state index < -0.39 is 0 Å². The van der Waals surface area contributed by atoms with Crippen molar-refractivity contribution in [1.82, 2.24) is 4.90 Å². The minimum Gasteiger partial charge on any atom is -0.394 e. The molecule has 17 heavy (non-hydrogen) atoms. The molecule has 98 valence electrons. The van der Waals surface area contributed by atoms with E-state index in [2.05, 4.69) is 0 Å². The molecule has 0 aromatic heterocycles. The number of rotatable bonds is 3. The van der Waals surface area contributed by atoms with Crippen molar-refractivity contribution in [1.29, 1.82) is 0 Å². The zero-order chi connectivity index (χ0) is 12.3. The Balaban J connectivity index is 2.11. The highest BCUT2D eigenvalue weighted by molar-refractivity contribution is 5.83. The molecular weight excluding hydrogens is 220 g/mol. The van der Waals surface area contributed by atoms with Gasteiger partial charge in [-0.2, -0.15) is 0 Å². The summed E-state index contributed by atoms with van der Waals surface area (Å²) in [6, 6.07) is -0.194. The number of aliphatic hydroxyl groups is 1. The van der Waals surface area contributed by atoms with E-state index in [1.54, 1.807) is 4.90 Å². The molecule has 0 radical (unpaired) electrons. The number of aliphatic hydroxyl groups excluding tert-OH is 1. The molecule has 1 atom stereocenters. The third kappa shape index (κ3) is 2.32. The van der Waals surface area contributed by atoms with Gasteiger partial charge >= 0.3 is 0 Å². The molecule has 1 saturated heterocycles. The van der Waals surface area contributed by atoms with E-state index in [9.17, 15) is 9.90 Å². The van der Waals surface area contributed by atoms with Crippen LogP contribution in [0.2, 0.25) is 0 Å². The zero-order valence-electron chi connectivity index (χ0n) is 10.2. The van der Waals surface area contributed by atoms with Crippen LogP contribution in [-0.2, 0) is 9.53 Å². The van der Waals surface area contributed by atoms with Crippen molar-refractivity contribution in [2.75, 3.05) is 32.9 Å². The normalized spacial score (nSPS) is 28.4. The predicted octanol–water partition coefficient (Wildman–Crippen LogP) is -0.275. The first-order valence-electron chi connectivity index (χ1n) is 6.43. The molecule has 1 amide bonds. The third-order valence-corrected chi connectivity index (χ3v) is 4.10. The first-order chi connectivity index (χ1) is 8.23. The van der Waals surface area contributed by atoms with Crippen LogP contribution in [0.5, 0.6) is 0 Å². The smallest absolute Gasteiger partial charge is 0.230 e. The Morgan fingerprint density at radius 1 is 1.47 bits per heavy atom. The molecule has 0 bridgehead atoms. The Hall–Kier alpha value is -0.650. The summed E-state index contributed by atoms with van der Waals surface area (Å²) in [5, 5.41) is 9.30. The molecular formula is C12H22N2O3. The number of carbonyl (C=O) groups excluding carboxylic acids is 1. The second-order valence-electron chi connectivity index (χ2n) is 5.10. The summed E-state index contributed by atoms with van der Waals surface area (Å²) < 4.78 is 5.30. The van der Waals surface area contributed by atoms with Crippen molar-refractivity contribution < 1.29 is 14.6 Å². The van der Waals surface area contributed by atoms with Crippen molar-refractivity contribution in [3.8, 4) is 0 Å². The van der Waals surface area contributed by atoms with Gasteiger partial charge < -0.3 is 20.5 Å². The van der Waals surface area contributed by atoms with Crippen LogP contribution in [0.25, 0.3) is 0 Å². The highest BCUT2D eigenvalue weighted by Gasteiger charge is 2.44. The van der Waals surface area contributed by atoms with E-state index >= 15 is 0 Å². The number of nitrogens with two attached hydrogens (primary N) is 1. The predicted molar refractivity (Wildman–Crippen MR) is 63.4 cm³/mol. The second-order valence-corrected chi connectivity index (χ2v) is 5.10. The molecule has 2 rings (SSSR count). The van der Waals surface area contributed by atoms with Gasteiger partial charge in [0.1, 0.15) is 0 Å². The van der Waals surface area contributed by atoms with E-state index in [-0.39, 0.29) is 24.0 Å². The summed E-state index contributed by atoms with van der Waals surface area (Å²) in [6.07, 6.45) is 3.93. The monoisotopic (exact) mass is 242 g/mol. The highest BCUT2D eigenvalue weighted by Crippen LogP contribution is 2.39. The summed E-state index contributed by atoms with van der Waals surface area (Å²) in [4.78, 5) is 14.4. The first kappa shape index (κ1) is 12.8. The number of nitrogens with zero attached hydrogens (tertiary/aromatic N) is 1. The fraction of sp³-hybridized carbons (Fsp3) is 0.917. The van der Waals surface area contributed by atoms with Gasteiger partial charge in [0.05, 0.1) is 31.3 Å². The molecule has 0 spiro atoms. The van der Waals surface area contributed by atoms with Gasteiger partial charge in [-0.1, -0.05) is 12.8 Å². The number of hydrogen-bond donors (Lipinski definition) is 2. The molecule has 1 unspecified atom stereocenters. The molecule has 0 aromatic rings. The molecule has 1 saturated carbocycles. The molecule has 1 aliphatic heterocycles. The minimum absolute atomic E-state index is 0.0353. The number of carbonyl (C=O) groups is 1. The zero-order valence-corrected chi connectivity index (χ0v) is 10.2. The summed E-state index contributed by atoms with van der Waals surface area (Å²) in [5.74, 6) is 0.125. The lowest BCUT2D eigenvalue weighted by molar-refractivity contribution is -0.152. The standard InChI is InChI=1S/C12H22N2O3/c13-9-12(3-1-2-4-12)11(16)14-5-6-17-8-10(14)7-15/h10,15H,1-9,13H2. The largest absolute Gasteiger partial charge is 0.394 e. The molecule has 1 heterocycles. The lowest BCUT2D eigenvalue weighted by atomic mass is 9.84. The average molecular weight is 242 g/mol. The molecule has 5 heteroatoms. The van der Waals surface area contributed by atoms with Crippen molar-refractivity contribution in [2.24, 2.45) is 11.1 Å². The first-order valence-corrected chi connectivity index (χ1v) is 6.43. The Kier molecular flexibility index (Phi) is 4.01. The van der Waals surface area contributed by atoms with Gasteiger partial charge in [0.15, 0.2) is 0 Å². The van der Waals surface area contributed by atoms with Crippen LogP contribution in [0.1, 0.15) is 25.7 Å². The van der Waals surface area contributed by atoms with E-state index in [1.807, 2.05) is 0 Å². The van der Waals surface area contributed by atoms with Crippen LogP contribution in [0.15, 0.2) is 0 Å². The maximum absolute atomic E-state index is 12.6. The van der Waals surface area contributed by atoms with Crippen LogP contribution in [0.3, 0.4) is 0 Å². The third-order valence-electron chi connectivity index (χ3n) is 4.10. The SMILES string of the molecule is NCC1(C(=O)N2CCOCC2CO)CCCC1. The van der Waals surface area contributed by atoms with Crippen LogP contribution >= 0.6 is 0 Å². The summed E-state index contributed by atoms with van der Waals surface area (Å²) in [7, 11) is 0. The van der Waals surface area contributed by atoms with Crippen LogP contribution < -0.4 is 5.73 Å². The molecule has 3 N–H and O–H groups in total. The topological polar surface area (TPSA) is 75.8 Å². The second kappa shape index (κ2) is 5.33. The number of hydrogen-bond acceptors (Lipinski definition) is 4.